The fourth-order valence-electron chi connectivity index (χ4n) is 3.48. The molecule has 1 heterocycles. The first-order chi connectivity index (χ1) is 15.3. The van der Waals surface area contributed by atoms with Crippen LogP contribution in [0.15, 0.2) is 71.6 Å². The van der Waals surface area contributed by atoms with Crippen LogP contribution in [0.2, 0.25) is 0 Å². The Morgan fingerprint density at radius 3 is 2.44 bits per heavy atom. The molecule has 0 aliphatic carbocycles. The van der Waals surface area contributed by atoms with Crippen LogP contribution >= 0.6 is 0 Å². The van der Waals surface area contributed by atoms with Gasteiger partial charge in [0.25, 0.3) is 15.9 Å². The van der Waals surface area contributed by atoms with Gasteiger partial charge in [-0.25, -0.2) is 8.42 Å². The molecule has 1 N–H and O–H groups in total. The number of amides is 1. The number of anilines is 2. The zero-order chi connectivity index (χ0) is 22.9. The molecule has 8 heteroatoms. The van der Waals surface area contributed by atoms with Gasteiger partial charge in [0.2, 0.25) is 0 Å². The molecule has 0 saturated heterocycles. The minimum absolute atomic E-state index is 0.100. The van der Waals surface area contributed by atoms with Crippen molar-refractivity contribution >= 4 is 27.3 Å². The number of para-hydroxylation sites is 2. The van der Waals surface area contributed by atoms with Crippen molar-refractivity contribution in [2.24, 2.45) is 0 Å². The summed E-state index contributed by atoms with van der Waals surface area (Å²) in [5.74, 6) is 0.464. The van der Waals surface area contributed by atoms with Crippen molar-refractivity contribution in [3.63, 3.8) is 0 Å². The highest BCUT2D eigenvalue weighted by molar-refractivity contribution is 7.92. The van der Waals surface area contributed by atoms with Gasteiger partial charge in [0.05, 0.1) is 24.2 Å². The summed E-state index contributed by atoms with van der Waals surface area (Å²) in [6, 6.07) is 18.5. The molecule has 0 aromatic heterocycles. The Bertz CT molecular complexity index is 1260. The Labute approximate surface area is 187 Å². The quantitative estimate of drug-likeness (QED) is 0.635. The van der Waals surface area contributed by atoms with Gasteiger partial charge in [-0.3, -0.25) is 9.10 Å². The van der Waals surface area contributed by atoms with E-state index in [9.17, 15) is 13.2 Å². The van der Waals surface area contributed by atoms with Crippen LogP contribution in [-0.4, -0.2) is 34.1 Å². The van der Waals surface area contributed by atoms with E-state index in [1.165, 1.54) is 23.5 Å². The molecule has 1 aliphatic heterocycles. The van der Waals surface area contributed by atoms with Crippen LogP contribution in [0, 0.1) is 13.8 Å². The van der Waals surface area contributed by atoms with E-state index in [0.29, 0.717) is 22.9 Å². The highest BCUT2D eigenvalue weighted by atomic mass is 32.2. The predicted octanol–water partition coefficient (Wildman–Crippen LogP) is 3.91. The summed E-state index contributed by atoms with van der Waals surface area (Å²) >= 11 is 0. The molecule has 0 saturated carbocycles. The van der Waals surface area contributed by atoms with E-state index >= 15 is 0 Å². The van der Waals surface area contributed by atoms with Crippen LogP contribution in [0.4, 0.5) is 11.4 Å². The number of rotatable bonds is 5. The third-order valence-corrected chi connectivity index (χ3v) is 7.24. The lowest BCUT2D eigenvalue weighted by Gasteiger charge is -2.34. The fraction of sp³-hybridized carbons (Fsp3) is 0.208. The van der Waals surface area contributed by atoms with Gasteiger partial charge in [-0.05, 0) is 73.5 Å². The van der Waals surface area contributed by atoms with E-state index in [1.54, 1.807) is 36.4 Å². The first-order valence-electron chi connectivity index (χ1n) is 10.1. The van der Waals surface area contributed by atoms with Gasteiger partial charge in [-0.2, -0.15) is 0 Å². The van der Waals surface area contributed by atoms with Crippen molar-refractivity contribution in [2.75, 3.05) is 23.3 Å². The van der Waals surface area contributed by atoms with Crippen molar-refractivity contribution in [1.29, 1.82) is 0 Å². The Balaban J connectivity index is 1.65. The van der Waals surface area contributed by atoms with Gasteiger partial charge in [0, 0.05) is 5.69 Å². The lowest BCUT2D eigenvalue weighted by atomic mass is 10.1. The molecule has 166 valence electrons. The molecule has 0 fully saturated rings. The molecule has 3 aromatic carbocycles. The van der Waals surface area contributed by atoms with Crippen LogP contribution in [0.5, 0.6) is 11.5 Å². The first kappa shape index (κ1) is 21.7. The third-order valence-electron chi connectivity index (χ3n) is 5.45. The number of fused-ring (bicyclic) bond motifs is 1. The maximum atomic E-state index is 13.5. The topological polar surface area (TPSA) is 84.9 Å². The average Bonchev–Trinajstić information content (AvgIpc) is 2.80. The molecule has 1 amide bonds. The van der Waals surface area contributed by atoms with Crippen molar-refractivity contribution in [3.05, 3.63) is 77.9 Å². The van der Waals surface area contributed by atoms with Crippen molar-refractivity contribution in [3.8, 4) is 11.5 Å². The number of aryl methyl sites for hydroxylation is 2. The molecule has 1 atom stereocenters. The van der Waals surface area contributed by atoms with Gasteiger partial charge >= 0.3 is 0 Å². The van der Waals surface area contributed by atoms with Crippen molar-refractivity contribution < 1.29 is 22.7 Å². The Hall–Kier alpha value is -3.52. The zero-order valence-corrected chi connectivity index (χ0v) is 18.8. The maximum absolute atomic E-state index is 13.5. The lowest BCUT2D eigenvalue weighted by Crippen LogP contribution is -2.48. The number of hydrogen-bond acceptors (Lipinski definition) is 5. The third kappa shape index (κ3) is 4.13. The molecule has 0 bridgehead atoms. The molecule has 3 aromatic rings. The number of methoxy groups -OCH3 is 1. The van der Waals surface area contributed by atoms with Crippen molar-refractivity contribution in [1.82, 2.24) is 0 Å². The molecule has 0 radical (unpaired) electrons. The summed E-state index contributed by atoms with van der Waals surface area (Å²) in [6.07, 6.45) is -1.01. The minimum atomic E-state index is -3.93. The molecule has 0 spiro atoms. The highest BCUT2D eigenvalue weighted by Gasteiger charge is 2.37. The number of sulfonamides is 1. The van der Waals surface area contributed by atoms with Gasteiger partial charge < -0.3 is 14.8 Å². The minimum Gasteiger partial charge on any atom is -0.497 e. The van der Waals surface area contributed by atoms with Crippen LogP contribution < -0.4 is 19.1 Å². The van der Waals surface area contributed by atoms with Crippen molar-refractivity contribution in [2.45, 2.75) is 24.8 Å². The van der Waals surface area contributed by atoms with Gasteiger partial charge in [-0.1, -0.05) is 18.2 Å². The summed E-state index contributed by atoms with van der Waals surface area (Å²) < 4.78 is 39.1. The monoisotopic (exact) mass is 452 g/mol. The zero-order valence-electron chi connectivity index (χ0n) is 18.0. The Morgan fingerprint density at radius 2 is 1.75 bits per heavy atom. The number of carbonyl (C=O) groups excluding carboxylic acids is 1. The SMILES string of the molecule is COc1ccc(S(=O)(=O)N2C[C@H](C(=O)Nc3ccc(C)c(C)c3)Oc3ccccc32)cc1. The van der Waals surface area contributed by atoms with E-state index in [1.807, 2.05) is 32.0 Å². The van der Waals surface area contributed by atoms with Crippen LogP contribution in [0.25, 0.3) is 0 Å². The molecule has 1 aliphatic rings. The van der Waals surface area contributed by atoms with Crippen LogP contribution in [0.3, 0.4) is 0 Å². The van der Waals surface area contributed by atoms with Gasteiger partial charge in [-0.15, -0.1) is 0 Å². The summed E-state index contributed by atoms with van der Waals surface area (Å²) in [4.78, 5) is 13.1. The Kier molecular flexibility index (Phi) is 5.80. The lowest BCUT2D eigenvalue weighted by molar-refractivity contribution is -0.122. The number of ether oxygens (including phenoxy) is 2. The second-order valence-corrected chi connectivity index (χ2v) is 9.44. The molecule has 32 heavy (non-hydrogen) atoms. The van der Waals surface area contributed by atoms with Crippen LogP contribution in [-0.2, 0) is 14.8 Å². The van der Waals surface area contributed by atoms with Crippen LogP contribution in [0.1, 0.15) is 11.1 Å². The number of benzene rings is 3. The first-order valence-corrected chi connectivity index (χ1v) is 11.5. The maximum Gasteiger partial charge on any atom is 0.267 e. The second kappa shape index (κ2) is 8.55. The van der Waals surface area contributed by atoms with Gasteiger partial charge in [0.15, 0.2) is 6.10 Å². The summed E-state index contributed by atoms with van der Waals surface area (Å²) in [6.45, 7) is 3.80. The van der Waals surface area contributed by atoms with E-state index in [4.69, 9.17) is 9.47 Å². The summed E-state index contributed by atoms with van der Waals surface area (Å²) in [5.41, 5.74) is 3.17. The van der Waals surface area contributed by atoms with E-state index < -0.39 is 22.0 Å². The standard InChI is InChI=1S/C24H24N2O5S/c1-16-8-9-18(14-17(16)2)25-24(27)23-15-26(21-6-4-5-7-22(21)31-23)32(28,29)20-12-10-19(30-3)11-13-20/h4-14,23H,15H2,1-3H3,(H,25,27)/t23-/m1/s1. The molecular formula is C24H24N2O5S. The van der Waals surface area contributed by atoms with E-state index in [0.717, 1.165) is 11.1 Å². The Morgan fingerprint density at radius 1 is 1.03 bits per heavy atom. The summed E-state index contributed by atoms with van der Waals surface area (Å²) in [5, 5.41) is 2.84. The number of hydrogen-bond donors (Lipinski definition) is 1. The van der Waals surface area contributed by atoms with E-state index in [2.05, 4.69) is 5.32 Å². The number of carbonyl (C=O) groups is 1. The summed E-state index contributed by atoms with van der Waals surface area (Å²) in [7, 11) is -2.42. The second-order valence-electron chi connectivity index (χ2n) is 7.57. The molecule has 4 rings (SSSR count). The number of nitrogens with one attached hydrogen (secondary N) is 1. The average molecular weight is 453 g/mol. The highest BCUT2D eigenvalue weighted by Crippen LogP contribution is 2.37. The largest absolute Gasteiger partial charge is 0.497 e. The van der Waals surface area contributed by atoms with E-state index in [-0.39, 0.29) is 11.4 Å². The smallest absolute Gasteiger partial charge is 0.267 e. The molecular weight excluding hydrogens is 428 g/mol. The normalized spacial score (nSPS) is 15.5. The predicted molar refractivity (Wildman–Crippen MR) is 123 cm³/mol. The number of nitrogens with zero attached hydrogens (tertiary/aromatic N) is 1. The fourth-order valence-corrected chi connectivity index (χ4v) is 4.96. The molecule has 7 nitrogen and oxygen atoms in total. The van der Waals surface area contributed by atoms with Gasteiger partial charge in [0.1, 0.15) is 11.5 Å². The molecule has 0 unspecified atom stereocenters.